The van der Waals surface area contributed by atoms with Gasteiger partial charge in [-0.05, 0) is 18.2 Å². The Labute approximate surface area is 113 Å². The molecule has 0 radical (unpaired) electrons. The number of rotatable bonds is 3. The standard InChI is InChI=1S/C14H9NO5/c16-12(17)8-15(11-6-3-7-20-11)13(18)9-4-1-2-5-10(9)14(15)19/h1-7H,8H2/p+1. The summed E-state index contributed by atoms with van der Waals surface area (Å²) in [5, 5.41) is 9.09. The van der Waals surface area contributed by atoms with Gasteiger partial charge in [-0.15, -0.1) is 4.48 Å². The third-order valence-corrected chi connectivity index (χ3v) is 3.34. The molecule has 0 fully saturated rings. The van der Waals surface area contributed by atoms with E-state index in [4.69, 9.17) is 9.52 Å². The van der Waals surface area contributed by atoms with E-state index in [2.05, 4.69) is 0 Å². The van der Waals surface area contributed by atoms with Crippen molar-refractivity contribution in [3.8, 4) is 0 Å². The van der Waals surface area contributed by atoms with Crippen molar-refractivity contribution in [2.45, 2.75) is 0 Å². The second-order valence-electron chi connectivity index (χ2n) is 4.47. The molecule has 1 aliphatic heterocycles. The molecule has 0 saturated carbocycles. The van der Waals surface area contributed by atoms with Gasteiger partial charge >= 0.3 is 23.7 Å². The summed E-state index contributed by atoms with van der Waals surface area (Å²) in [5.41, 5.74) is 0.435. The minimum absolute atomic E-state index is 0.0126. The zero-order chi connectivity index (χ0) is 14.3. The van der Waals surface area contributed by atoms with Crippen molar-refractivity contribution in [1.82, 2.24) is 4.48 Å². The molecule has 2 amide bonds. The fraction of sp³-hybridized carbons (Fsp3) is 0.0714. The highest BCUT2D eigenvalue weighted by Crippen LogP contribution is 2.36. The molecule has 2 heterocycles. The SMILES string of the molecule is O=C(O)C[N+]1(c2ccco2)C(=O)c2ccccc2C1=O. The number of amides is 2. The smallest absolute Gasteiger partial charge is 0.362 e. The van der Waals surface area contributed by atoms with E-state index in [-0.39, 0.29) is 17.0 Å². The molecule has 0 unspecified atom stereocenters. The zero-order valence-corrected chi connectivity index (χ0v) is 10.3. The summed E-state index contributed by atoms with van der Waals surface area (Å²) < 4.78 is 4.19. The summed E-state index contributed by atoms with van der Waals surface area (Å²) in [6.07, 6.45) is 1.31. The molecule has 0 aliphatic carbocycles. The van der Waals surface area contributed by atoms with Gasteiger partial charge in [-0.3, -0.25) is 0 Å². The Morgan fingerprint density at radius 1 is 1.05 bits per heavy atom. The van der Waals surface area contributed by atoms with E-state index in [1.807, 2.05) is 0 Å². The van der Waals surface area contributed by atoms with Crippen molar-refractivity contribution in [3.05, 3.63) is 53.8 Å². The molecule has 6 nitrogen and oxygen atoms in total. The number of benzene rings is 1. The minimum Gasteiger partial charge on any atom is -0.477 e. The lowest BCUT2D eigenvalue weighted by Gasteiger charge is -2.22. The third-order valence-electron chi connectivity index (χ3n) is 3.34. The van der Waals surface area contributed by atoms with Crippen LogP contribution in [0.2, 0.25) is 0 Å². The summed E-state index contributed by atoms with van der Waals surface area (Å²) >= 11 is 0. The molecule has 3 rings (SSSR count). The lowest BCUT2D eigenvalue weighted by atomic mass is 10.1. The molecular weight excluding hydrogens is 262 g/mol. The molecule has 2 aromatic rings. The number of aliphatic carboxylic acids is 1. The number of furan rings is 1. The zero-order valence-electron chi connectivity index (χ0n) is 10.3. The van der Waals surface area contributed by atoms with Crippen LogP contribution < -0.4 is 4.48 Å². The largest absolute Gasteiger partial charge is 0.477 e. The Kier molecular flexibility index (Phi) is 2.55. The third kappa shape index (κ3) is 1.45. The summed E-state index contributed by atoms with van der Waals surface area (Å²) in [5.74, 6) is -2.40. The number of quaternary nitrogens is 1. The highest BCUT2D eigenvalue weighted by Gasteiger charge is 2.58. The van der Waals surface area contributed by atoms with Crippen LogP contribution in [0.3, 0.4) is 0 Å². The first-order valence-electron chi connectivity index (χ1n) is 5.90. The Hall–Kier alpha value is -2.73. The maximum absolute atomic E-state index is 12.6. The van der Waals surface area contributed by atoms with Gasteiger partial charge in [0.1, 0.15) is 0 Å². The Bertz CT molecular complexity index is 682. The van der Waals surface area contributed by atoms with Crippen molar-refractivity contribution in [3.63, 3.8) is 0 Å². The topological polar surface area (TPSA) is 84.6 Å². The molecule has 0 bridgehead atoms. The number of hydrogen-bond donors (Lipinski definition) is 1. The van der Waals surface area contributed by atoms with Gasteiger partial charge in [0.15, 0.2) is 6.54 Å². The fourth-order valence-corrected chi connectivity index (χ4v) is 2.47. The van der Waals surface area contributed by atoms with E-state index < -0.39 is 28.8 Å². The van der Waals surface area contributed by atoms with Crippen LogP contribution in [0, 0.1) is 0 Å². The summed E-state index contributed by atoms with van der Waals surface area (Å²) in [6, 6.07) is 9.24. The van der Waals surface area contributed by atoms with Gasteiger partial charge in [0, 0.05) is 6.07 Å². The number of fused-ring (bicyclic) bond motifs is 1. The maximum atomic E-state index is 12.6. The average molecular weight is 272 g/mol. The van der Waals surface area contributed by atoms with E-state index in [0.717, 1.165) is 0 Å². The van der Waals surface area contributed by atoms with E-state index >= 15 is 0 Å². The number of hydrogen-bond acceptors (Lipinski definition) is 4. The van der Waals surface area contributed by atoms with E-state index in [0.29, 0.717) is 0 Å². The van der Waals surface area contributed by atoms with Crippen LogP contribution in [-0.4, -0.2) is 29.4 Å². The molecule has 20 heavy (non-hydrogen) atoms. The number of carboxylic acids is 1. The second-order valence-corrected chi connectivity index (χ2v) is 4.47. The predicted octanol–water partition coefficient (Wildman–Crippen LogP) is 1.67. The van der Waals surface area contributed by atoms with Crippen molar-refractivity contribution in [2.24, 2.45) is 0 Å². The highest BCUT2D eigenvalue weighted by molar-refractivity contribution is 6.30. The Balaban J connectivity index is 2.26. The van der Waals surface area contributed by atoms with Crippen molar-refractivity contribution >= 4 is 23.7 Å². The molecule has 0 saturated heterocycles. The molecule has 6 heteroatoms. The number of carboxylic acid groups (broad SMARTS) is 1. The average Bonchev–Trinajstić information content (AvgIpc) is 3.02. The van der Waals surface area contributed by atoms with Gasteiger partial charge in [0.2, 0.25) is 0 Å². The van der Waals surface area contributed by atoms with Crippen LogP contribution in [0.5, 0.6) is 0 Å². The van der Waals surface area contributed by atoms with Gasteiger partial charge in [-0.2, -0.15) is 0 Å². The van der Waals surface area contributed by atoms with Crippen LogP contribution in [0.4, 0.5) is 5.88 Å². The van der Waals surface area contributed by atoms with Crippen LogP contribution in [0.15, 0.2) is 47.1 Å². The summed E-state index contributed by atoms with van der Waals surface area (Å²) in [4.78, 5) is 36.3. The lowest BCUT2D eigenvalue weighted by molar-refractivity contribution is -0.137. The van der Waals surface area contributed by atoms with Gasteiger partial charge in [0.05, 0.1) is 17.4 Å². The van der Waals surface area contributed by atoms with Crippen molar-refractivity contribution in [2.75, 3.05) is 6.54 Å². The van der Waals surface area contributed by atoms with E-state index in [1.54, 1.807) is 12.1 Å². The molecule has 0 atom stereocenters. The molecule has 100 valence electrons. The van der Waals surface area contributed by atoms with E-state index in [9.17, 15) is 14.4 Å². The van der Waals surface area contributed by atoms with E-state index in [1.165, 1.54) is 30.5 Å². The molecular formula is C14H10NO5+. The lowest BCUT2D eigenvalue weighted by Crippen LogP contribution is -2.56. The first kappa shape index (κ1) is 12.3. The van der Waals surface area contributed by atoms with Crippen LogP contribution in [0.25, 0.3) is 0 Å². The number of carbonyl (C=O) groups excluding carboxylic acids is 2. The molecule has 1 aromatic carbocycles. The van der Waals surface area contributed by atoms with Crippen molar-refractivity contribution < 1.29 is 23.9 Å². The molecule has 1 aromatic heterocycles. The fourth-order valence-electron chi connectivity index (χ4n) is 2.47. The first-order valence-corrected chi connectivity index (χ1v) is 5.90. The van der Waals surface area contributed by atoms with Crippen LogP contribution in [0.1, 0.15) is 20.7 Å². The van der Waals surface area contributed by atoms with Gasteiger partial charge in [0.25, 0.3) is 0 Å². The number of carbonyl (C=O) groups is 3. The Morgan fingerprint density at radius 2 is 1.65 bits per heavy atom. The normalized spacial score (nSPS) is 16.2. The van der Waals surface area contributed by atoms with Gasteiger partial charge in [-0.25, -0.2) is 14.4 Å². The molecule has 1 aliphatic rings. The second kappa shape index (κ2) is 4.14. The maximum Gasteiger partial charge on any atom is 0.362 e. The summed E-state index contributed by atoms with van der Waals surface area (Å²) in [6.45, 7) is -0.681. The monoisotopic (exact) mass is 272 g/mol. The minimum atomic E-state index is -1.25. The molecule has 1 N–H and O–H groups in total. The Morgan fingerprint density at radius 3 is 2.10 bits per heavy atom. The summed E-state index contributed by atoms with van der Waals surface area (Å²) in [7, 11) is 0. The van der Waals surface area contributed by atoms with Gasteiger partial charge < -0.3 is 9.52 Å². The highest BCUT2D eigenvalue weighted by atomic mass is 16.4. The quantitative estimate of drug-likeness (QED) is 0.678. The van der Waals surface area contributed by atoms with Crippen molar-refractivity contribution in [1.29, 1.82) is 0 Å². The predicted molar refractivity (Wildman–Crippen MR) is 68.1 cm³/mol. The molecule has 0 spiro atoms. The van der Waals surface area contributed by atoms with Crippen LogP contribution in [-0.2, 0) is 4.79 Å². The first-order chi connectivity index (χ1) is 9.57. The van der Waals surface area contributed by atoms with Crippen LogP contribution >= 0.6 is 0 Å². The van der Waals surface area contributed by atoms with Gasteiger partial charge in [-0.1, -0.05) is 12.1 Å². The number of nitrogens with zero attached hydrogens (tertiary/aromatic N) is 1. The number of imide groups is 1.